The second-order valence-electron chi connectivity index (χ2n) is 4.33. The van der Waals surface area contributed by atoms with Gasteiger partial charge in [0, 0.05) is 24.3 Å². The summed E-state index contributed by atoms with van der Waals surface area (Å²) in [6.07, 6.45) is 4.43. The molecule has 3 nitrogen and oxygen atoms in total. The molecule has 0 saturated heterocycles. The van der Waals surface area contributed by atoms with Crippen LogP contribution in [0.3, 0.4) is 0 Å². The van der Waals surface area contributed by atoms with Crippen LogP contribution >= 0.6 is 11.6 Å². The number of halogens is 1. The van der Waals surface area contributed by atoms with Crippen molar-refractivity contribution in [2.24, 2.45) is 0 Å². The van der Waals surface area contributed by atoms with E-state index < -0.39 is 0 Å². The van der Waals surface area contributed by atoms with E-state index in [1.165, 1.54) is 5.56 Å². The second-order valence-corrected chi connectivity index (χ2v) is 4.71. The molecule has 1 aromatic carbocycles. The van der Waals surface area contributed by atoms with Gasteiger partial charge in [0.05, 0.1) is 12.8 Å². The molecule has 0 saturated carbocycles. The van der Waals surface area contributed by atoms with Crippen LogP contribution in [0.15, 0.2) is 28.8 Å². The predicted molar refractivity (Wildman–Crippen MR) is 70.2 cm³/mol. The number of benzene rings is 1. The molecule has 0 fully saturated rings. The van der Waals surface area contributed by atoms with Gasteiger partial charge in [-0.1, -0.05) is 0 Å². The SMILES string of the molecule is ClCCCc1ncc(-c2ccc3c(c2)CCO3)o1. The zero-order valence-electron chi connectivity index (χ0n) is 9.99. The van der Waals surface area contributed by atoms with Crippen molar-refractivity contribution in [3.05, 3.63) is 35.9 Å². The summed E-state index contributed by atoms with van der Waals surface area (Å²) in [6.45, 7) is 0.774. The van der Waals surface area contributed by atoms with E-state index in [4.69, 9.17) is 20.8 Å². The molecule has 18 heavy (non-hydrogen) atoms. The molecule has 3 rings (SSSR count). The molecule has 0 unspecified atom stereocenters. The standard InChI is InChI=1S/C14H14ClNO2/c15-6-1-2-14-16-9-13(18-14)10-3-4-12-11(8-10)5-7-17-12/h3-4,8-9H,1-2,5-7H2. The quantitative estimate of drug-likeness (QED) is 0.793. The van der Waals surface area contributed by atoms with Crippen molar-refractivity contribution in [3.63, 3.8) is 0 Å². The number of alkyl halides is 1. The third-order valence-electron chi connectivity index (χ3n) is 3.05. The lowest BCUT2D eigenvalue weighted by Crippen LogP contribution is -1.85. The van der Waals surface area contributed by atoms with E-state index in [0.717, 1.165) is 48.8 Å². The van der Waals surface area contributed by atoms with Crippen LogP contribution in [-0.2, 0) is 12.8 Å². The lowest BCUT2D eigenvalue weighted by Gasteiger charge is -2.00. The Morgan fingerprint density at radius 3 is 3.17 bits per heavy atom. The van der Waals surface area contributed by atoms with E-state index in [2.05, 4.69) is 11.1 Å². The van der Waals surface area contributed by atoms with Crippen LogP contribution in [0, 0.1) is 0 Å². The molecule has 94 valence electrons. The highest BCUT2D eigenvalue weighted by Crippen LogP contribution is 2.30. The Labute approximate surface area is 111 Å². The minimum absolute atomic E-state index is 0.633. The van der Waals surface area contributed by atoms with Crippen LogP contribution in [0.2, 0.25) is 0 Å². The van der Waals surface area contributed by atoms with Crippen molar-refractivity contribution in [2.45, 2.75) is 19.3 Å². The van der Waals surface area contributed by atoms with Crippen LogP contribution in [0.5, 0.6) is 5.75 Å². The molecular weight excluding hydrogens is 250 g/mol. The first-order valence-electron chi connectivity index (χ1n) is 6.13. The average Bonchev–Trinajstić information content (AvgIpc) is 3.04. The van der Waals surface area contributed by atoms with E-state index >= 15 is 0 Å². The summed E-state index contributed by atoms with van der Waals surface area (Å²) < 4.78 is 11.2. The first-order valence-corrected chi connectivity index (χ1v) is 6.67. The number of fused-ring (bicyclic) bond motifs is 1. The fourth-order valence-electron chi connectivity index (χ4n) is 2.12. The van der Waals surface area contributed by atoms with Crippen molar-refractivity contribution >= 4 is 11.6 Å². The summed E-state index contributed by atoms with van der Waals surface area (Å²) in [5.74, 6) is 3.19. The normalized spacial score (nSPS) is 13.4. The molecule has 1 aromatic heterocycles. The zero-order chi connectivity index (χ0) is 12.4. The van der Waals surface area contributed by atoms with E-state index in [0.29, 0.717) is 5.88 Å². The van der Waals surface area contributed by atoms with Crippen molar-refractivity contribution in [1.29, 1.82) is 0 Å². The van der Waals surface area contributed by atoms with Crippen LogP contribution in [0.1, 0.15) is 17.9 Å². The Hall–Kier alpha value is -1.48. The first kappa shape index (κ1) is 11.6. The fourth-order valence-corrected chi connectivity index (χ4v) is 2.25. The number of aromatic nitrogens is 1. The van der Waals surface area contributed by atoms with Crippen LogP contribution < -0.4 is 4.74 Å². The molecule has 0 aliphatic carbocycles. The van der Waals surface area contributed by atoms with Crippen LogP contribution in [0.4, 0.5) is 0 Å². The molecule has 1 aliphatic heterocycles. The summed E-state index contributed by atoms with van der Waals surface area (Å²) in [5, 5.41) is 0. The maximum Gasteiger partial charge on any atom is 0.194 e. The maximum atomic E-state index is 5.72. The van der Waals surface area contributed by atoms with Crippen LogP contribution in [0.25, 0.3) is 11.3 Å². The molecule has 2 aromatic rings. The largest absolute Gasteiger partial charge is 0.493 e. The number of nitrogens with zero attached hydrogens (tertiary/aromatic N) is 1. The lowest BCUT2D eigenvalue weighted by molar-refractivity contribution is 0.357. The van der Waals surface area contributed by atoms with Gasteiger partial charge < -0.3 is 9.15 Å². The van der Waals surface area contributed by atoms with E-state index in [1.54, 1.807) is 6.20 Å². The molecule has 0 N–H and O–H groups in total. The third-order valence-corrected chi connectivity index (χ3v) is 3.32. The average molecular weight is 264 g/mol. The Kier molecular flexibility index (Phi) is 3.24. The van der Waals surface area contributed by atoms with Gasteiger partial charge in [-0.3, -0.25) is 0 Å². The van der Waals surface area contributed by atoms with Gasteiger partial charge >= 0.3 is 0 Å². The molecule has 0 atom stereocenters. The minimum atomic E-state index is 0.633. The van der Waals surface area contributed by atoms with Gasteiger partial charge in [-0.2, -0.15) is 0 Å². The molecule has 0 amide bonds. The van der Waals surface area contributed by atoms with Gasteiger partial charge in [0.1, 0.15) is 5.75 Å². The van der Waals surface area contributed by atoms with Crippen molar-refractivity contribution < 1.29 is 9.15 Å². The van der Waals surface area contributed by atoms with Gasteiger partial charge in [0.15, 0.2) is 11.7 Å². The van der Waals surface area contributed by atoms with E-state index in [-0.39, 0.29) is 0 Å². The third kappa shape index (κ3) is 2.23. The fraction of sp³-hybridized carbons (Fsp3) is 0.357. The topological polar surface area (TPSA) is 35.3 Å². The molecule has 1 aliphatic rings. The Morgan fingerprint density at radius 1 is 1.33 bits per heavy atom. The summed E-state index contributed by atoms with van der Waals surface area (Å²) in [4.78, 5) is 4.27. The number of rotatable bonds is 4. The first-order chi connectivity index (χ1) is 8.86. The van der Waals surface area contributed by atoms with E-state index in [9.17, 15) is 0 Å². The molecular formula is C14H14ClNO2. The Morgan fingerprint density at radius 2 is 2.28 bits per heavy atom. The summed E-state index contributed by atoms with van der Waals surface area (Å²) >= 11 is 5.66. The zero-order valence-corrected chi connectivity index (χ0v) is 10.7. The molecule has 4 heteroatoms. The predicted octanol–water partition coefficient (Wildman–Crippen LogP) is 3.45. The number of aryl methyl sites for hydroxylation is 1. The summed E-state index contributed by atoms with van der Waals surface area (Å²) in [6, 6.07) is 6.13. The smallest absolute Gasteiger partial charge is 0.194 e. The van der Waals surface area contributed by atoms with Gasteiger partial charge in [-0.15, -0.1) is 11.6 Å². The molecule has 2 heterocycles. The Balaban J connectivity index is 1.83. The van der Waals surface area contributed by atoms with Crippen molar-refractivity contribution in [3.8, 4) is 17.1 Å². The van der Waals surface area contributed by atoms with Gasteiger partial charge in [0.2, 0.25) is 0 Å². The summed E-state index contributed by atoms with van der Waals surface area (Å²) in [7, 11) is 0. The Bertz CT molecular complexity index is 550. The van der Waals surface area contributed by atoms with Gasteiger partial charge in [-0.25, -0.2) is 4.98 Å². The summed E-state index contributed by atoms with van der Waals surface area (Å²) in [5.41, 5.74) is 2.30. The van der Waals surface area contributed by atoms with Crippen molar-refractivity contribution in [2.75, 3.05) is 12.5 Å². The number of hydrogen-bond acceptors (Lipinski definition) is 3. The highest BCUT2D eigenvalue weighted by Gasteiger charge is 2.14. The van der Waals surface area contributed by atoms with Gasteiger partial charge in [-0.05, 0) is 30.2 Å². The molecule has 0 bridgehead atoms. The van der Waals surface area contributed by atoms with Crippen molar-refractivity contribution in [1.82, 2.24) is 4.98 Å². The number of ether oxygens (including phenoxy) is 1. The second kappa shape index (κ2) is 5.02. The van der Waals surface area contributed by atoms with E-state index in [1.807, 2.05) is 12.1 Å². The molecule has 0 radical (unpaired) electrons. The lowest BCUT2D eigenvalue weighted by atomic mass is 10.1. The molecule has 0 spiro atoms. The minimum Gasteiger partial charge on any atom is -0.493 e. The highest BCUT2D eigenvalue weighted by molar-refractivity contribution is 6.17. The number of oxazole rings is 1. The number of hydrogen-bond donors (Lipinski definition) is 0. The monoisotopic (exact) mass is 263 g/mol. The van der Waals surface area contributed by atoms with Crippen LogP contribution in [-0.4, -0.2) is 17.5 Å². The maximum absolute atomic E-state index is 5.72. The van der Waals surface area contributed by atoms with Gasteiger partial charge in [0.25, 0.3) is 0 Å². The highest BCUT2D eigenvalue weighted by atomic mass is 35.5.